The van der Waals surface area contributed by atoms with Crippen molar-refractivity contribution in [1.82, 2.24) is 0 Å². The van der Waals surface area contributed by atoms with Gasteiger partial charge in [-0.05, 0) is 0 Å². The summed E-state index contributed by atoms with van der Waals surface area (Å²) >= 11 is 2.28. The SMILES string of the molecule is COCCOCCOCCOCCOCCOCCI. The second-order valence-corrected chi connectivity index (χ2v) is 4.82. The molecule has 0 atom stereocenters. The average Bonchev–Trinajstić information content (AvgIpc) is 2.47. The van der Waals surface area contributed by atoms with Crippen molar-refractivity contribution in [3.05, 3.63) is 0 Å². The number of hydrogen-bond acceptors (Lipinski definition) is 6. The van der Waals surface area contributed by atoms with E-state index in [1.807, 2.05) is 0 Å². The molecule has 0 aliphatic carbocycles. The van der Waals surface area contributed by atoms with Crippen LogP contribution in [0.3, 0.4) is 0 Å². The first-order chi connectivity index (χ1) is 9.91. The summed E-state index contributed by atoms with van der Waals surface area (Å²) in [5.74, 6) is 0. The molecule has 0 aromatic heterocycles. The minimum Gasteiger partial charge on any atom is -0.382 e. The molecule has 6 nitrogen and oxygen atoms in total. The lowest BCUT2D eigenvalue weighted by molar-refractivity contribution is -0.0138. The first kappa shape index (κ1) is 20.5. The van der Waals surface area contributed by atoms with Crippen molar-refractivity contribution in [3.8, 4) is 0 Å². The molecule has 0 fully saturated rings. The van der Waals surface area contributed by atoms with Gasteiger partial charge in [-0.15, -0.1) is 0 Å². The Balaban J connectivity index is 2.89. The van der Waals surface area contributed by atoms with Crippen LogP contribution in [0, 0.1) is 0 Å². The van der Waals surface area contributed by atoms with Crippen LogP contribution in [-0.4, -0.2) is 84.2 Å². The molecule has 0 amide bonds. The molecule has 0 rings (SSSR count). The summed E-state index contributed by atoms with van der Waals surface area (Å²) in [5, 5.41) is 0. The van der Waals surface area contributed by atoms with Crippen LogP contribution >= 0.6 is 22.6 Å². The standard InChI is InChI=1S/C13H27IO6/c1-15-4-5-17-8-9-19-12-13-20-11-10-18-7-6-16-3-2-14/h2-13H2,1H3. The van der Waals surface area contributed by atoms with Crippen LogP contribution in [0.5, 0.6) is 0 Å². The summed E-state index contributed by atoms with van der Waals surface area (Å²) in [6.07, 6.45) is 0. The quantitative estimate of drug-likeness (QED) is 0.205. The van der Waals surface area contributed by atoms with Crippen LogP contribution in [0.25, 0.3) is 0 Å². The highest BCUT2D eigenvalue weighted by Gasteiger charge is 1.93. The maximum absolute atomic E-state index is 5.35. The Hall–Kier alpha value is 0.490. The van der Waals surface area contributed by atoms with E-state index in [2.05, 4.69) is 22.6 Å². The van der Waals surface area contributed by atoms with Gasteiger partial charge in [-0.1, -0.05) is 22.6 Å². The highest BCUT2D eigenvalue weighted by atomic mass is 127. The first-order valence-corrected chi connectivity index (χ1v) is 8.38. The zero-order valence-electron chi connectivity index (χ0n) is 12.3. The molecule has 0 aliphatic heterocycles. The molecule has 0 saturated heterocycles. The predicted molar refractivity (Wildman–Crippen MR) is 84.9 cm³/mol. The van der Waals surface area contributed by atoms with Gasteiger partial charge in [-0.2, -0.15) is 0 Å². The molecule has 0 bridgehead atoms. The van der Waals surface area contributed by atoms with E-state index in [0.717, 1.165) is 11.0 Å². The van der Waals surface area contributed by atoms with E-state index >= 15 is 0 Å². The molecule has 0 aliphatic rings. The van der Waals surface area contributed by atoms with E-state index in [-0.39, 0.29) is 0 Å². The molecular weight excluding hydrogens is 379 g/mol. The van der Waals surface area contributed by atoms with Crippen molar-refractivity contribution in [2.45, 2.75) is 0 Å². The lowest BCUT2D eigenvalue weighted by Crippen LogP contribution is -2.14. The summed E-state index contributed by atoms with van der Waals surface area (Å²) in [5.41, 5.74) is 0. The zero-order chi connectivity index (χ0) is 14.7. The molecule has 0 unspecified atom stereocenters. The first-order valence-electron chi connectivity index (χ1n) is 6.85. The van der Waals surface area contributed by atoms with E-state index in [1.54, 1.807) is 7.11 Å². The molecule has 0 radical (unpaired) electrons. The topological polar surface area (TPSA) is 55.4 Å². The Morgan fingerprint density at radius 1 is 0.500 bits per heavy atom. The Morgan fingerprint density at radius 3 is 1.10 bits per heavy atom. The molecular formula is C13H27IO6. The minimum absolute atomic E-state index is 0.576. The fraction of sp³-hybridized carbons (Fsp3) is 1.00. The van der Waals surface area contributed by atoms with E-state index in [1.165, 1.54) is 0 Å². The molecule has 7 heteroatoms. The largest absolute Gasteiger partial charge is 0.382 e. The number of alkyl halides is 1. The van der Waals surface area contributed by atoms with Gasteiger partial charge >= 0.3 is 0 Å². The summed E-state index contributed by atoms with van der Waals surface area (Å²) in [6, 6.07) is 0. The van der Waals surface area contributed by atoms with Crippen molar-refractivity contribution >= 4 is 22.6 Å². The number of ether oxygens (including phenoxy) is 6. The van der Waals surface area contributed by atoms with Gasteiger partial charge in [0, 0.05) is 11.5 Å². The predicted octanol–water partition coefficient (Wildman–Crippen LogP) is 1.15. The number of hydrogen-bond donors (Lipinski definition) is 0. The van der Waals surface area contributed by atoms with Gasteiger partial charge in [0.1, 0.15) is 0 Å². The Bertz CT molecular complexity index is 155. The molecule has 0 aromatic carbocycles. The van der Waals surface area contributed by atoms with E-state index in [4.69, 9.17) is 28.4 Å². The van der Waals surface area contributed by atoms with Crippen molar-refractivity contribution in [2.24, 2.45) is 0 Å². The van der Waals surface area contributed by atoms with Crippen molar-refractivity contribution in [2.75, 3.05) is 84.2 Å². The molecule has 122 valence electrons. The van der Waals surface area contributed by atoms with Crippen LogP contribution in [0.1, 0.15) is 0 Å². The van der Waals surface area contributed by atoms with Crippen LogP contribution in [0.2, 0.25) is 0 Å². The Labute approximate surface area is 135 Å². The van der Waals surface area contributed by atoms with Crippen molar-refractivity contribution in [3.63, 3.8) is 0 Å². The maximum Gasteiger partial charge on any atom is 0.0701 e. The van der Waals surface area contributed by atoms with E-state index in [9.17, 15) is 0 Å². The van der Waals surface area contributed by atoms with E-state index in [0.29, 0.717) is 66.1 Å². The number of methoxy groups -OCH3 is 1. The van der Waals surface area contributed by atoms with E-state index < -0.39 is 0 Å². The highest BCUT2D eigenvalue weighted by molar-refractivity contribution is 14.1. The van der Waals surface area contributed by atoms with Gasteiger partial charge in [0.2, 0.25) is 0 Å². The summed E-state index contributed by atoms with van der Waals surface area (Å²) in [7, 11) is 1.65. The molecule has 0 spiro atoms. The van der Waals surface area contributed by atoms with Crippen LogP contribution < -0.4 is 0 Å². The molecule has 0 aromatic rings. The fourth-order valence-electron chi connectivity index (χ4n) is 1.18. The van der Waals surface area contributed by atoms with Crippen LogP contribution in [0.4, 0.5) is 0 Å². The lowest BCUT2D eigenvalue weighted by atomic mass is 10.7. The molecule has 0 saturated carbocycles. The van der Waals surface area contributed by atoms with Gasteiger partial charge in [0.15, 0.2) is 0 Å². The van der Waals surface area contributed by atoms with Gasteiger partial charge in [0.25, 0.3) is 0 Å². The maximum atomic E-state index is 5.35. The third kappa shape index (κ3) is 18.5. The highest BCUT2D eigenvalue weighted by Crippen LogP contribution is 1.85. The molecule has 0 N–H and O–H groups in total. The normalized spacial score (nSPS) is 11.1. The lowest BCUT2D eigenvalue weighted by Gasteiger charge is -2.07. The van der Waals surface area contributed by atoms with Gasteiger partial charge in [-0.25, -0.2) is 0 Å². The van der Waals surface area contributed by atoms with Crippen LogP contribution in [-0.2, 0) is 28.4 Å². The van der Waals surface area contributed by atoms with Crippen molar-refractivity contribution < 1.29 is 28.4 Å². The second kappa shape index (κ2) is 19.5. The third-order valence-corrected chi connectivity index (χ3v) is 2.58. The number of rotatable bonds is 17. The van der Waals surface area contributed by atoms with Crippen molar-refractivity contribution in [1.29, 1.82) is 0 Å². The fourth-order valence-corrected chi connectivity index (χ4v) is 1.49. The van der Waals surface area contributed by atoms with Gasteiger partial charge in [-0.3, -0.25) is 0 Å². The second-order valence-electron chi connectivity index (χ2n) is 3.74. The Kier molecular flexibility index (Phi) is 20.0. The van der Waals surface area contributed by atoms with Gasteiger partial charge in [0.05, 0.1) is 72.7 Å². The summed E-state index contributed by atoms with van der Waals surface area (Å²) in [4.78, 5) is 0. The molecule has 0 heterocycles. The van der Waals surface area contributed by atoms with Crippen LogP contribution in [0.15, 0.2) is 0 Å². The third-order valence-electron chi connectivity index (χ3n) is 2.14. The molecule has 20 heavy (non-hydrogen) atoms. The summed E-state index contributed by atoms with van der Waals surface area (Å²) in [6.45, 7) is 6.77. The summed E-state index contributed by atoms with van der Waals surface area (Å²) < 4.78 is 32.4. The Morgan fingerprint density at radius 2 is 0.800 bits per heavy atom. The smallest absolute Gasteiger partial charge is 0.0701 e. The minimum atomic E-state index is 0.576. The van der Waals surface area contributed by atoms with Gasteiger partial charge < -0.3 is 28.4 Å². The number of halogens is 1. The average molecular weight is 406 g/mol. The monoisotopic (exact) mass is 406 g/mol. The zero-order valence-corrected chi connectivity index (χ0v) is 14.5.